The van der Waals surface area contributed by atoms with Gasteiger partial charge >= 0.3 is 29.6 Å². The van der Waals surface area contributed by atoms with Gasteiger partial charge in [-0.15, -0.1) is 0 Å². The molecule has 0 bridgehead atoms. The Bertz CT molecular complexity index is 847. The van der Waals surface area contributed by atoms with Crippen molar-refractivity contribution in [3.05, 3.63) is 41.5 Å². The molecule has 2 aromatic carbocycles. The molecule has 0 heterocycles. The SMILES string of the molecule is CCCCCCCc1ccc2cc(S(=O)(=O)[O-])c(CCCCCCC)cc2c1.[Na+]. The van der Waals surface area contributed by atoms with Gasteiger partial charge in [-0.1, -0.05) is 83.4 Å². The first-order valence-electron chi connectivity index (χ1n) is 11.0. The minimum Gasteiger partial charge on any atom is -0.744 e. The number of hydrogen-bond acceptors (Lipinski definition) is 3. The summed E-state index contributed by atoms with van der Waals surface area (Å²) in [6.07, 6.45) is 13.5. The van der Waals surface area contributed by atoms with E-state index in [-0.39, 0.29) is 34.5 Å². The third-order valence-corrected chi connectivity index (χ3v) is 6.39. The van der Waals surface area contributed by atoms with Crippen molar-refractivity contribution in [1.82, 2.24) is 0 Å². The van der Waals surface area contributed by atoms with Crippen LogP contribution in [0.4, 0.5) is 0 Å². The van der Waals surface area contributed by atoms with Crippen LogP contribution in [-0.4, -0.2) is 13.0 Å². The van der Waals surface area contributed by atoms with Crippen LogP contribution in [0.15, 0.2) is 35.2 Å². The zero-order chi connectivity index (χ0) is 20.4. The number of unbranched alkanes of at least 4 members (excludes halogenated alkanes) is 8. The number of benzene rings is 2. The maximum atomic E-state index is 11.8. The average Bonchev–Trinajstić information content (AvgIpc) is 2.66. The van der Waals surface area contributed by atoms with Gasteiger partial charge in [-0.05, 0) is 59.7 Å². The maximum Gasteiger partial charge on any atom is 1.00 e. The quantitative estimate of drug-likeness (QED) is 0.278. The second kappa shape index (κ2) is 13.8. The van der Waals surface area contributed by atoms with Crippen molar-refractivity contribution in [3.63, 3.8) is 0 Å². The molecule has 0 N–H and O–H groups in total. The molecule has 0 saturated carbocycles. The van der Waals surface area contributed by atoms with E-state index in [1.165, 1.54) is 50.5 Å². The fourth-order valence-electron chi connectivity index (χ4n) is 3.81. The van der Waals surface area contributed by atoms with Crippen molar-refractivity contribution in [3.8, 4) is 0 Å². The van der Waals surface area contributed by atoms with E-state index in [4.69, 9.17) is 0 Å². The average molecular weight is 427 g/mol. The van der Waals surface area contributed by atoms with Gasteiger partial charge in [0.05, 0.1) is 4.90 Å². The zero-order valence-corrected chi connectivity index (χ0v) is 21.3. The minimum atomic E-state index is -4.46. The molecule has 29 heavy (non-hydrogen) atoms. The van der Waals surface area contributed by atoms with Gasteiger partial charge in [0.15, 0.2) is 0 Å². The topological polar surface area (TPSA) is 57.2 Å². The molecular formula is C24H35NaO3S. The summed E-state index contributed by atoms with van der Waals surface area (Å²) in [7, 11) is -4.46. The van der Waals surface area contributed by atoms with Crippen molar-refractivity contribution >= 4 is 20.9 Å². The molecule has 3 nitrogen and oxygen atoms in total. The molecule has 2 rings (SSSR count). The molecular weight excluding hydrogens is 391 g/mol. The predicted octanol–water partition coefficient (Wildman–Crippen LogP) is 3.77. The van der Waals surface area contributed by atoms with Crippen molar-refractivity contribution < 1.29 is 42.5 Å². The van der Waals surface area contributed by atoms with Gasteiger partial charge in [0.1, 0.15) is 10.1 Å². The Hall–Kier alpha value is -0.390. The number of fused-ring (bicyclic) bond motifs is 1. The third kappa shape index (κ3) is 9.10. The van der Waals surface area contributed by atoms with Crippen molar-refractivity contribution in [2.45, 2.75) is 95.8 Å². The summed E-state index contributed by atoms with van der Waals surface area (Å²) in [6.45, 7) is 4.40. The fourth-order valence-corrected chi connectivity index (χ4v) is 4.56. The molecule has 0 aromatic heterocycles. The molecule has 0 radical (unpaired) electrons. The Morgan fingerprint density at radius 3 is 1.90 bits per heavy atom. The van der Waals surface area contributed by atoms with Crippen molar-refractivity contribution in [1.29, 1.82) is 0 Å². The van der Waals surface area contributed by atoms with Crippen LogP contribution in [0, 0.1) is 0 Å². The van der Waals surface area contributed by atoms with E-state index in [0.29, 0.717) is 12.0 Å². The monoisotopic (exact) mass is 426 g/mol. The number of hydrogen-bond donors (Lipinski definition) is 0. The van der Waals surface area contributed by atoms with Crippen LogP contribution in [0.3, 0.4) is 0 Å². The third-order valence-electron chi connectivity index (χ3n) is 5.47. The van der Waals surface area contributed by atoms with E-state index >= 15 is 0 Å². The van der Waals surface area contributed by atoms with Crippen molar-refractivity contribution in [2.24, 2.45) is 0 Å². The Kier molecular flexibility index (Phi) is 12.7. The molecule has 0 saturated heterocycles. The molecule has 0 atom stereocenters. The maximum absolute atomic E-state index is 11.8. The van der Waals surface area contributed by atoms with Crippen LogP contribution in [0.1, 0.15) is 89.2 Å². The molecule has 0 aliphatic carbocycles. The smallest absolute Gasteiger partial charge is 0.744 e. The summed E-state index contributed by atoms with van der Waals surface area (Å²) in [4.78, 5) is -0.0391. The van der Waals surface area contributed by atoms with Gasteiger partial charge in [-0.3, -0.25) is 0 Å². The van der Waals surface area contributed by atoms with Crippen LogP contribution in [-0.2, 0) is 23.0 Å². The van der Waals surface area contributed by atoms with Gasteiger partial charge in [0, 0.05) is 0 Å². The first kappa shape index (κ1) is 26.6. The molecule has 0 aliphatic rings. The second-order valence-corrected chi connectivity index (χ2v) is 9.27. The summed E-state index contributed by atoms with van der Waals surface area (Å²) in [6, 6.07) is 9.69. The molecule has 156 valence electrons. The van der Waals surface area contributed by atoms with Crippen LogP contribution in [0.5, 0.6) is 0 Å². The molecule has 0 fully saturated rings. The number of rotatable bonds is 13. The van der Waals surface area contributed by atoms with Crippen LogP contribution >= 0.6 is 0 Å². The zero-order valence-electron chi connectivity index (χ0n) is 18.5. The standard InChI is InChI=1S/C24H36O3S.Na/c1-3-5-7-9-11-13-20-15-16-21-19-24(28(25,26)27)22(18-23(21)17-20)14-12-10-8-6-4-2;/h15-19H,3-14H2,1-2H3,(H,25,26,27);/q;+1/p-1. The molecule has 0 aliphatic heterocycles. The summed E-state index contributed by atoms with van der Waals surface area (Å²) in [5, 5.41) is 1.88. The first-order chi connectivity index (χ1) is 13.5. The Morgan fingerprint density at radius 2 is 1.31 bits per heavy atom. The van der Waals surface area contributed by atoms with Gasteiger partial charge in [0.25, 0.3) is 0 Å². The summed E-state index contributed by atoms with van der Waals surface area (Å²) in [5.74, 6) is 0. The molecule has 2 aromatic rings. The van der Waals surface area contributed by atoms with Gasteiger partial charge in [-0.2, -0.15) is 0 Å². The Balaban J connectivity index is 0.00000420. The van der Waals surface area contributed by atoms with Gasteiger partial charge < -0.3 is 4.55 Å². The molecule has 5 heteroatoms. The van der Waals surface area contributed by atoms with Gasteiger partial charge in [-0.25, -0.2) is 8.42 Å². The van der Waals surface area contributed by atoms with E-state index in [9.17, 15) is 13.0 Å². The predicted molar refractivity (Wildman–Crippen MR) is 117 cm³/mol. The number of aryl methyl sites for hydroxylation is 2. The molecule has 0 unspecified atom stereocenters. The minimum absolute atomic E-state index is 0. The fraction of sp³-hybridized carbons (Fsp3) is 0.583. The van der Waals surface area contributed by atoms with Crippen LogP contribution in [0.2, 0.25) is 0 Å². The van der Waals surface area contributed by atoms with Crippen LogP contribution < -0.4 is 29.6 Å². The van der Waals surface area contributed by atoms with Gasteiger partial charge in [0.2, 0.25) is 0 Å². The summed E-state index contributed by atoms with van der Waals surface area (Å²) in [5.41, 5.74) is 1.97. The second-order valence-electron chi connectivity index (χ2n) is 7.92. The summed E-state index contributed by atoms with van der Waals surface area (Å²) < 4.78 is 35.3. The van der Waals surface area contributed by atoms with E-state index < -0.39 is 10.1 Å². The van der Waals surface area contributed by atoms with E-state index in [0.717, 1.165) is 36.5 Å². The molecule has 0 spiro atoms. The molecule has 0 amide bonds. The summed E-state index contributed by atoms with van der Waals surface area (Å²) >= 11 is 0. The van der Waals surface area contributed by atoms with E-state index in [1.54, 1.807) is 6.07 Å². The Labute approximate surface area is 199 Å². The largest absolute Gasteiger partial charge is 1.00 e. The van der Waals surface area contributed by atoms with Crippen LogP contribution in [0.25, 0.3) is 10.8 Å². The normalized spacial score (nSPS) is 11.6. The van der Waals surface area contributed by atoms with E-state index in [2.05, 4.69) is 26.0 Å². The first-order valence-corrected chi connectivity index (χ1v) is 12.4. The Morgan fingerprint density at radius 1 is 0.724 bits per heavy atom. The van der Waals surface area contributed by atoms with Crippen molar-refractivity contribution in [2.75, 3.05) is 0 Å². The van der Waals surface area contributed by atoms with E-state index in [1.807, 2.05) is 12.1 Å².